The quantitative estimate of drug-likeness (QED) is 0.830. The molecule has 0 saturated carbocycles. The zero-order chi connectivity index (χ0) is 11.9. The van der Waals surface area contributed by atoms with Gasteiger partial charge in [-0.2, -0.15) is 0 Å². The molecule has 4 nitrogen and oxygen atoms in total. The number of nitrogens with one attached hydrogen (secondary N) is 1. The van der Waals surface area contributed by atoms with Gasteiger partial charge in [0, 0.05) is 18.8 Å². The van der Waals surface area contributed by atoms with Crippen molar-refractivity contribution in [1.29, 1.82) is 0 Å². The zero-order valence-electron chi connectivity index (χ0n) is 9.85. The van der Waals surface area contributed by atoms with E-state index in [0.29, 0.717) is 6.61 Å². The third-order valence-electron chi connectivity index (χ3n) is 2.31. The molecule has 0 bridgehead atoms. The van der Waals surface area contributed by atoms with Gasteiger partial charge in [0.2, 0.25) is 0 Å². The molecule has 17 heavy (non-hydrogen) atoms. The normalized spacial score (nSPS) is 10.4. The summed E-state index contributed by atoms with van der Waals surface area (Å²) in [5, 5.41) is 3.22. The van der Waals surface area contributed by atoms with Crippen molar-refractivity contribution >= 4 is 0 Å². The van der Waals surface area contributed by atoms with E-state index in [0.717, 1.165) is 30.3 Å². The summed E-state index contributed by atoms with van der Waals surface area (Å²) in [4.78, 5) is 4.26. The molecule has 0 atom stereocenters. The Balaban J connectivity index is 1.91. The molecule has 2 heterocycles. The van der Waals surface area contributed by atoms with E-state index in [1.165, 1.54) is 0 Å². The van der Waals surface area contributed by atoms with Crippen molar-refractivity contribution in [2.75, 3.05) is 6.54 Å². The minimum Gasteiger partial charge on any atom is -0.486 e. The molecule has 0 unspecified atom stereocenters. The van der Waals surface area contributed by atoms with Gasteiger partial charge >= 0.3 is 0 Å². The number of hydrogen-bond donors (Lipinski definition) is 1. The fourth-order valence-electron chi connectivity index (χ4n) is 1.44. The summed E-state index contributed by atoms with van der Waals surface area (Å²) in [5.74, 6) is 1.62. The Kier molecular flexibility index (Phi) is 4.16. The third kappa shape index (κ3) is 3.60. The van der Waals surface area contributed by atoms with E-state index >= 15 is 0 Å². The first-order valence-corrected chi connectivity index (χ1v) is 5.69. The average molecular weight is 232 g/mol. The summed E-state index contributed by atoms with van der Waals surface area (Å²) >= 11 is 0. The van der Waals surface area contributed by atoms with Gasteiger partial charge in [-0.05, 0) is 24.7 Å². The first kappa shape index (κ1) is 11.7. The van der Waals surface area contributed by atoms with E-state index in [4.69, 9.17) is 9.15 Å². The molecule has 0 amide bonds. The number of rotatable bonds is 6. The number of ether oxygens (including phenoxy) is 1. The van der Waals surface area contributed by atoms with Crippen LogP contribution in [0.3, 0.4) is 0 Å². The molecule has 1 N–H and O–H groups in total. The Morgan fingerprint density at radius 1 is 1.41 bits per heavy atom. The van der Waals surface area contributed by atoms with Gasteiger partial charge in [-0.15, -0.1) is 0 Å². The van der Waals surface area contributed by atoms with Crippen molar-refractivity contribution in [1.82, 2.24) is 10.3 Å². The van der Waals surface area contributed by atoms with Crippen LogP contribution in [-0.4, -0.2) is 11.5 Å². The summed E-state index contributed by atoms with van der Waals surface area (Å²) in [6, 6.07) is 7.52. The third-order valence-corrected chi connectivity index (χ3v) is 2.31. The molecule has 0 saturated heterocycles. The molecule has 0 aromatic carbocycles. The Morgan fingerprint density at radius 2 is 2.35 bits per heavy atom. The molecule has 0 spiro atoms. The van der Waals surface area contributed by atoms with Gasteiger partial charge < -0.3 is 14.5 Å². The summed E-state index contributed by atoms with van der Waals surface area (Å²) in [7, 11) is 0. The van der Waals surface area contributed by atoms with Gasteiger partial charge in [0.25, 0.3) is 0 Å². The van der Waals surface area contributed by atoms with Crippen molar-refractivity contribution in [3.05, 3.63) is 48.2 Å². The Labute approximate surface area is 101 Å². The molecule has 0 aliphatic carbocycles. The standard InChI is InChI=1S/C13H16N2O2/c1-2-14-9-11-8-12(5-6-15-11)17-10-13-4-3-7-16-13/h3-8,14H,2,9-10H2,1H3. The van der Waals surface area contributed by atoms with Crippen LogP contribution in [0.1, 0.15) is 18.4 Å². The second-order valence-electron chi connectivity index (χ2n) is 3.63. The highest BCUT2D eigenvalue weighted by molar-refractivity contribution is 5.22. The van der Waals surface area contributed by atoms with Crippen LogP contribution >= 0.6 is 0 Å². The van der Waals surface area contributed by atoms with Gasteiger partial charge in [0.05, 0.1) is 12.0 Å². The summed E-state index contributed by atoms with van der Waals surface area (Å²) in [6.07, 6.45) is 3.39. The lowest BCUT2D eigenvalue weighted by Gasteiger charge is -2.06. The van der Waals surface area contributed by atoms with Crippen molar-refractivity contribution in [3.8, 4) is 5.75 Å². The Hall–Kier alpha value is -1.81. The molecular weight excluding hydrogens is 216 g/mol. The number of nitrogens with zero attached hydrogens (tertiary/aromatic N) is 1. The van der Waals surface area contributed by atoms with Gasteiger partial charge in [-0.25, -0.2) is 0 Å². The molecule has 90 valence electrons. The number of furan rings is 1. The Bertz CT molecular complexity index is 440. The SMILES string of the molecule is CCNCc1cc(OCc2ccco2)ccn1. The molecule has 4 heteroatoms. The van der Waals surface area contributed by atoms with Crippen LogP contribution in [-0.2, 0) is 13.2 Å². The first-order valence-electron chi connectivity index (χ1n) is 5.69. The smallest absolute Gasteiger partial charge is 0.146 e. The summed E-state index contributed by atoms with van der Waals surface area (Å²) in [5.41, 5.74) is 0.976. The van der Waals surface area contributed by atoms with Crippen LogP contribution in [0.5, 0.6) is 5.75 Å². The minimum absolute atomic E-state index is 0.442. The number of hydrogen-bond acceptors (Lipinski definition) is 4. The fourth-order valence-corrected chi connectivity index (χ4v) is 1.44. The fraction of sp³-hybridized carbons (Fsp3) is 0.308. The zero-order valence-corrected chi connectivity index (χ0v) is 9.85. The van der Waals surface area contributed by atoms with E-state index in [1.54, 1.807) is 12.5 Å². The maximum atomic E-state index is 5.61. The van der Waals surface area contributed by atoms with E-state index < -0.39 is 0 Å². The van der Waals surface area contributed by atoms with Crippen LogP contribution in [0.4, 0.5) is 0 Å². The number of aromatic nitrogens is 1. The Morgan fingerprint density at radius 3 is 3.12 bits per heavy atom. The summed E-state index contributed by atoms with van der Waals surface area (Å²) in [6.45, 7) is 4.20. The molecule has 2 aromatic heterocycles. The first-order chi connectivity index (χ1) is 8.38. The molecule has 2 rings (SSSR count). The van der Waals surface area contributed by atoms with Crippen molar-refractivity contribution in [3.63, 3.8) is 0 Å². The second-order valence-corrected chi connectivity index (χ2v) is 3.63. The van der Waals surface area contributed by atoms with Crippen LogP contribution in [0.2, 0.25) is 0 Å². The molecule has 0 fully saturated rings. The van der Waals surface area contributed by atoms with Crippen LogP contribution in [0.25, 0.3) is 0 Å². The van der Waals surface area contributed by atoms with E-state index in [2.05, 4.69) is 17.2 Å². The molecule has 0 aliphatic heterocycles. The van der Waals surface area contributed by atoms with Crippen molar-refractivity contribution in [2.24, 2.45) is 0 Å². The van der Waals surface area contributed by atoms with Crippen molar-refractivity contribution < 1.29 is 9.15 Å². The van der Waals surface area contributed by atoms with E-state index in [9.17, 15) is 0 Å². The molecule has 2 aromatic rings. The van der Waals surface area contributed by atoms with Crippen LogP contribution < -0.4 is 10.1 Å². The maximum absolute atomic E-state index is 5.61. The topological polar surface area (TPSA) is 47.3 Å². The lowest BCUT2D eigenvalue weighted by molar-refractivity contribution is 0.269. The lowest BCUT2D eigenvalue weighted by Crippen LogP contribution is -2.12. The van der Waals surface area contributed by atoms with Gasteiger partial charge in [-0.1, -0.05) is 6.92 Å². The average Bonchev–Trinajstić information content (AvgIpc) is 2.87. The highest BCUT2D eigenvalue weighted by Gasteiger charge is 2.00. The highest BCUT2D eigenvalue weighted by atomic mass is 16.5. The van der Waals surface area contributed by atoms with E-state index in [1.807, 2.05) is 24.3 Å². The van der Waals surface area contributed by atoms with Gasteiger partial charge in [0.1, 0.15) is 18.1 Å². The number of pyridine rings is 1. The second kappa shape index (κ2) is 6.06. The maximum Gasteiger partial charge on any atom is 0.146 e. The van der Waals surface area contributed by atoms with Crippen LogP contribution in [0.15, 0.2) is 41.1 Å². The minimum atomic E-state index is 0.442. The monoisotopic (exact) mass is 232 g/mol. The predicted octanol–water partition coefficient (Wildman–Crippen LogP) is 2.36. The van der Waals surface area contributed by atoms with E-state index in [-0.39, 0.29) is 0 Å². The van der Waals surface area contributed by atoms with Crippen LogP contribution in [0, 0.1) is 0 Å². The van der Waals surface area contributed by atoms with Crippen molar-refractivity contribution in [2.45, 2.75) is 20.1 Å². The van der Waals surface area contributed by atoms with Gasteiger partial charge in [-0.3, -0.25) is 4.98 Å². The predicted molar refractivity (Wildman–Crippen MR) is 64.7 cm³/mol. The largest absolute Gasteiger partial charge is 0.486 e. The molecular formula is C13H16N2O2. The lowest BCUT2D eigenvalue weighted by atomic mass is 10.3. The molecule has 0 radical (unpaired) electrons. The highest BCUT2D eigenvalue weighted by Crippen LogP contribution is 2.13. The van der Waals surface area contributed by atoms with Gasteiger partial charge in [0.15, 0.2) is 0 Å². The molecule has 0 aliphatic rings. The summed E-state index contributed by atoms with van der Waals surface area (Å²) < 4.78 is 10.8.